The highest BCUT2D eigenvalue weighted by Gasteiger charge is 2.24. The largest absolute Gasteiger partial charge is 0.351 e. The van der Waals surface area contributed by atoms with E-state index in [0.29, 0.717) is 5.92 Å². The molecule has 14 heavy (non-hydrogen) atoms. The first kappa shape index (κ1) is 11.0. The van der Waals surface area contributed by atoms with Crippen LogP contribution in [0.3, 0.4) is 0 Å². The minimum atomic E-state index is -0.553. The number of rotatable bonds is 1. The van der Waals surface area contributed by atoms with E-state index < -0.39 is 11.8 Å². The van der Waals surface area contributed by atoms with Gasteiger partial charge in [-0.1, -0.05) is 19.8 Å². The van der Waals surface area contributed by atoms with Gasteiger partial charge in [0.05, 0.1) is 0 Å². The Morgan fingerprint density at radius 1 is 1.14 bits per heavy atom. The van der Waals surface area contributed by atoms with E-state index in [9.17, 15) is 9.59 Å². The molecule has 4 heteroatoms. The third kappa shape index (κ3) is 2.72. The second kappa shape index (κ2) is 4.98. The highest BCUT2D eigenvalue weighted by Crippen LogP contribution is 2.23. The van der Waals surface area contributed by atoms with E-state index in [0.717, 1.165) is 19.3 Å². The molecule has 2 N–H and O–H groups in total. The van der Waals surface area contributed by atoms with Crippen molar-refractivity contribution in [1.82, 2.24) is 10.6 Å². The zero-order valence-electron chi connectivity index (χ0n) is 8.80. The maximum absolute atomic E-state index is 11.3. The van der Waals surface area contributed by atoms with Crippen LogP contribution in [0.4, 0.5) is 0 Å². The molecule has 4 nitrogen and oxygen atoms in total. The molecule has 80 valence electrons. The lowest BCUT2D eigenvalue weighted by Gasteiger charge is -2.29. The Labute approximate surface area is 84.4 Å². The summed E-state index contributed by atoms with van der Waals surface area (Å²) in [5.74, 6) is -0.577. The van der Waals surface area contributed by atoms with Crippen LogP contribution in [0.1, 0.15) is 32.6 Å². The van der Waals surface area contributed by atoms with Crippen LogP contribution < -0.4 is 10.6 Å². The topological polar surface area (TPSA) is 58.2 Å². The van der Waals surface area contributed by atoms with Gasteiger partial charge in [0.15, 0.2) is 0 Å². The Hall–Kier alpha value is -1.06. The Morgan fingerprint density at radius 2 is 1.79 bits per heavy atom. The standard InChI is InChI=1S/C10H18N2O2/c1-7-5-3-4-6-8(7)12-10(14)9(13)11-2/h7-8H,3-6H2,1-2H3,(H,11,13)(H,12,14). The molecule has 2 amide bonds. The van der Waals surface area contributed by atoms with E-state index in [1.165, 1.54) is 13.5 Å². The second-order valence-electron chi connectivity index (χ2n) is 3.92. The van der Waals surface area contributed by atoms with Crippen molar-refractivity contribution < 1.29 is 9.59 Å². The van der Waals surface area contributed by atoms with E-state index >= 15 is 0 Å². The molecular formula is C10H18N2O2. The number of amides is 2. The zero-order valence-corrected chi connectivity index (χ0v) is 8.80. The van der Waals surface area contributed by atoms with Crippen LogP contribution in [0, 0.1) is 5.92 Å². The van der Waals surface area contributed by atoms with Gasteiger partial charge < -0.3 is 10.6 Å². The van der Waals surface area contributed by atoms with E-state index in [2.05, 4.69) is 17.6 Å². The summed E-state index contributed by atoms with van der Waals surface area (Å²) in [6.07, 6.45) is 4.50. The molecule has 1 rings (SSSR count). The zero-order chi connectivity index (χ0) is 10.6. The van der Waals surface area contributed by atoms with Gasteiger partial charge in [0.1, 0.15) is 0 Å². The number of hydrogen-bond donors (Lipinski definition) is 2. The lowest BCUT2D eigenvalue weighted by atomic mass is 9.86. The summed E-state index contributed by atoms with van der Waals surface area (Å²) in [4.78, 5) is 22.2. The van der Waals surface area contributed by atoms with E-state index in [1.807, 2.05) is 0 Å². The molecule has 1 fully saturated rings. The quantitative estimate of drug-likeness (QED) is 0.600. The van der Waals surface area contributed by atoms with Crippen molar-refractivity contribution in [1.29, 1.82) is 0 Å². The first-order chi connectivity index (χ1) is 6.65. The van der Waals surface area contributed by atoms with Crippen LogP contribution in [0.25, 0.3) is 0 Å². The van der Waals surface area contributed by atoms with Crippen molar-refractivity contribution in [2.24, 2.45) is 5.92 Å². The van der Waals surface area contributed by atoms with Crippen LogP contribution in [0.15, 0.2) is 0 Å². The van der Waals surface area contributed by atoms with Crippen LogP contribution in [0.5, 0.6) is 0 Å². The van der Waals surface area contributed by atoms with Crippen molar-refractivity contribution >= 4 is 11.8 Å². The molecule has 0 heterocycles. The first-order valence-electron chi connectivity index (χ1n) is 5.17. The average molecular weight is 198 g/mol. The lowest BCUT2D eigenvalue weighted by molar-refractivity contribution is -0.139. The molecule has 0 aromatic heterocycles. The molecule has 0 saturated heterocycles. The molecule has 0 aromatic rings. The van der Waals surface area contributed by atoms with Crippen molar-refractivity contribution in [3.05, 3.63) is 0 Å². The summed E-state index contributed by atoms with van der Waals surface area (Å²) < 4.78 is 0. The van der Waals surface area contributed by atoms with Crippen molar-refractivity contribution in [3.8, 4) is 0 Å². The van der Waals surface area contributed by atoms with Gasteiger partial charge in [0, 0.05) is 13.1 Å². The molecule has 0 aliphatic heterocycles. The predicted octanol–water partition coefficient (Wildman–Crippen LogP) is 0.427. The third-order valence-electron chi connectivity index (χ3n) is 2.86. The Bertz CT molecular complexity index is 228. The van der Waals surface area contributed by atoms with E-state index in [-0.39, 0.29) is 6.04 Å². The second-order valence-corrected chi connectivity index (χ2v) is 3.92. The van der Waals surface area contributed by atoms with Gasteiger partial charge in [-0.3, -0.25) is 9.59 Å². The van der Waals surface area contributed by atoms with Gasteiger partial charge in [-0.05, 0) is 18.8 Å². The van der Waals surface area contributed by atoms with Crippen LogP contribution in [0.2, 0.25) is 0 Å². The SMILES string of the molecule is CNC(=O)C(=O)NC1CCCCC1C. The Balaban J connectivity index is 2.42. The van der Waals surface area contributed by atoms with Crippen molar-refractivity contribution in [2.75, 3.05) is 7.05 Å². The normalized spacial score (nSPS) is 26.7. The van der Waals surface area contributed by atoms with Gasteiger partial charge in [0.25, 0.3) is 0 Å². The summed E-state index contributed by atoms with van der Waals surface area (Å²) in [6.45, 7) is 2.12. The summed E-state index contributed by atoms with van der Waals surface area (Å²) in [6, 6.07) is 0.175. The summed E-state index contributed by atoms with van der Waals surface area (Å²) >= 11 is 0. The molecule has 1 aliphatic carbocycles. The molecular weight excluding hydrogens is 180 g/mol. The maximum Gasteiger partial charge on any atom is 0.309 e. The fraction of sp³-hybridized carbons (Fsp3) is 0.800. The number of likely N-dealkylation sites (N-methyl/N-ethyl adjacent to an activating group) is 1. The van der Waals surface area contributed by atoms with E-state index in [4.69, 9.17) is 0 Å². The summed E-state index contributed by atoms with van der Waals surface area (Å²) in [5.41, 5.74) is 0. The minimum absolute atomic E-state index is 0.175. The predicted molar refractivity (Wildman–Crippen MR) is 53.6 cm³/mol. The molecule has 1 saturated carbocycles. The average Bonchev–Trinajstić information content (AvgIpc) is 2.20. The fourth-order valence-corrected chi connectivity index (χ4v) is 1.88. The Morgan fingerprint density at radius 3 is 2.36 bits per heavy atom. The monoisotopic (exact) mass is 198 g/mol. The first-order valence-corrected chi connectivity index (χ1v) is 5.17. The summed E-state index contributed by atoms with van der Waals surface area (Å²) in [7, 11) is 1.46. The third-order valence-corrected chi connectivity index (χ3v) is 2.86. The van der Waals surface area contributed by atoms with E-state index in [1.54, 1.807) is 0 Å². The molecule has 0 spiro atoms. The van der Waals surface area contributed by atoms with Crippen molar-refractivity contribution in [3.63, 3.8) is 0 Å². The number of hydrogen-bond acceptors (Lipinski definition) is 2. The number of carbonyl (C=O) groups excluding carboxylic acids is 2. The van der Waals surface area contributed by atoms with Crippen LogP contribution in [-0.2, 0) is 9.59 Å². The molecule has 2 unspecified atom stereocenters. The molecule has 0 bridgehead atoms. The maximum atomic E-state index is 11.3. The van der Waals surface area contributed by atoms with Crippen LogP contribution >= 0.6 is 0 Å². The molecule has 0 radical (unpaired) electrons. The van der Waals surface area contributed by atoms with Crippen LogP contribution in [-0.4, -0.2) is 24.9 Å². The highest BCUT2D eigenvalue weighted by molar-refractivity contribution is 6.35. The highest BCUT2D eigenvalue weighted by atomic mass is 16.2. The van der Waals surface area contributed by atoms with Gasteiger partial charge >= 0.3 is 11.8 Å². The van der Waals surface area contributed by atoms with Gasteiger partial charge in [0.2, 0.25) is 0 Å². The molecule has 1 aliphatic rings. The lowest BCUT2D eigenvalue weighted by Crippen LogP contribution is -2.47. The fourth-order valence-electron chi connectivity index (χ4n) is 1.88. The minimum Gasteiger partial charge on any atom is -0.351 e. The Kier molecular flexibility index (Phi) is 3.92. The number of nitrogens with one attached hydrogen (secondary N) is 2. The van der Waals surface area contributed by atoms with Gasteiger partial charge in [-0.2, -0.15) is 0 Å². The summed E-state index contributed by atoms with van der Waals surface area (Å²) in [5, 5.41) is 5.09. The van der Waals surface area contributed by atoms with Gasteiger partial charge in [-0.25, -0.2) is 0 Å². The molecule has 0 aromatic carbocycles. The molecule has 2 atom stereocenters. The smallest absolute Gasteiger partial charge is 0.309 e. The number of carbonyl (C=O) groups is 2. The van der Waals surface area contributed by atoms with Gasteiger partial charge in [-0.15, -0.1) is 0 Å². The van der Waals surface area contributed by atoms with Crippen molar-refractivity contribution in [2.45, 2.75) is 38.6 Å².